The standard InChI is InChI=1S/C11H16O3.C7H6O2/c1-4-14-11(2)6-5-10(13-3)9(7-11)8-12;8-7(9)6-4-2-1-3-5-6/h5-8,10H,4H2,1-3H3;1-5H,(H,8,9). The highest BCUT2D eigenvalue weighted by Gasteiger charge is 2.26. The maximum absolute atomic E-state index is 10.8. The number of carboxylic acid groups (broad SMARTS) is 1. The monoisotopic (exact) mass is 318 g/mol. The molecule has 2 rings (SSSR count). The van der Waals surface area contributed by atoms with Gasteiger partial charge in [0.05, 0.1) is 5.56 Å². The molecule has 124 valence electrons. The third-order valence-corrected chi connectivity index (χ3v) is 3.25. The molecule has 1 aliphatic rings. The minimum atomic E-state index is -0.879. The first-order valence-corrected chi connectivity index (χ1v) is 7.28. The van der Waals surface area contributed by atoms with Gasteiger partial charge in [-0.3, -0.25) is 4.79 Å². The summed E-state index contributed by atoms with van der Waals surface area (Å²) in [7, 11) is 1.58. The lowest BCUT2D eigenvalue weighted by atomic mass is 9.93. The first-order chi connectivity index (χ1) is 11.0. The second kappa shape index (κ2) is 9.02. The number of rotatable bonds is 5. The van der Waals surface area contributed by atoms with E-state index in [0.29, 0.717) is 17.7 Å². The number of aldehydes is 1. The molecular formula is C18H22O5. The van der Waals surface area contributed by atoms with Gasteiger partial charge >= 0.3 is 5.97 Å². The summed E-state index contributed by atoms with van der Waals surface area (Å²) in [6.45, 7) is 4.46. The molecule has 5 nitrogen and oxygen atoms in total. The van der Waals surface area contributed by atoms with Crippen LogP contribution in [0.2, 0.25) is 0 Å². The maximum atomic E-state index is 10.8. The molecule has 1 aliphatic carbocycles. The molecule has 2 unspecified atom stereocenters. The molecule has 0 saturated heterocycles. The Hall–Kier alpha value is -2.24. The van der Waals surface area contributed by atoms with E-state index in [0.717, 1.165) is 6.29 Å². The van der Waals surface area contributed by atoms with E-state index in [-0.39, 0.29) is 6.10 Å². The zero-order valence-corrected chi connectivity index (χ0v) is 13.6. The van der Waals surface area contributed by atoms with Crippen molar-refractivity contribution in [2.24, 2.45) is 0 Å². The number of carboxylic acids is 1. The van der Waals surface area contributed by atoms with Gasteiger partial charge in [-0.25, -0.2) is 4.79 Å². The summed E-state index contributed by atoms with van der Waals surface area (Å²) in [5, 5.41) is 8.38. The van der Waals surface area contributed by atoms with Crippen LogP contribution in [0.15, 0.2) is 54.1 Å². The Morgan fingerprint density at radius 2 is 2.00 bits per heavy atom. The predicted molar refractivity (Wildman–Crippen MR) is 87.5 cm³/mol. The molecular weight excluding hydrogens is 296 g/mol. The molecule has 23 heavy (non-hydrogen) atoms. The smallest absolute Gasteiger partial charge is 0.335 e. The minimum absolute atomic E-state index is 0.235. The first kappa shape index (κ1) is 18.8. The van der Waals surface area contributed by atoms with E-state index < -0.39 is 11.6 Å². The molecule has 0 aliphatic heterocycles. The number of carbonyl (C=O) groups excluding carboxylic acids is 1. The average Bonchev–Trinajstić information content (AvgIpc) is 2.56. The van der Waals surface area contributed by atoms with E-state index in [1.807, 2.05) is 26.0 Å². The highest BCUT2D eigenvalue weighted by atomic mass is 16.5. The average molecular weight is 318 g/mol. The van der Waals surface area contributed by atoms with Crippen molar-refractivity contribution in [1.82, 2.24) is 0 Å². The lowest BCUT2D eigenvalue weighted by Crippen LogP contribution is -2.30. The van der Waals surface area contributed by atoms with Gasteiger partial charge in [-0.2, -0.15) is 0 Å². The molecule has 0 radical (unpaired) electrons. The van der Waals surface area contributed by atoms with Gasteiger partial charge in [0.1, 0.15) is 18.0 Å². The van der Waals surface area contributed by atoms with E-state index >= 15 is 0 Å². The minimum Gasteiger partial charge on any atom is -0.478 e. The van der Waals surface area contributed by atoms with Crippen molar-refractivity contribution in [3.8, 4) is 0 Å². The Morgan fingerprint density at radius 1 is 1.35 bits per heavy atom. The Morgan fingerprint density at radius 3 is 2.43 bits per heavy atom. The van der Waals surface area contributed by atoms with Crippen molar-refractivity contribution in [1.29, 1.82) is 0 Å². The third kappa shape index (κ3) is 5.81. The van der Waals surface area contributed by atoms with Gasteiger partial charge in [0.2, 0.25) is 0 Å². The van der Waals surface area contributed by atoms with Gasteiger partial charge in [-0.15, -0.1) is 0 Å². The van der Waals surface area contributed by atoms with Crippen molar-refractivity contribution < 1.29 is 24.2 Å². The molecule has 0 saturated carbocycles. The van der Waals surface area contributed by atoms with Crippen LogP contribution in [0.5, 0.6) is 0 Å². The second-order valence-corrected chi connectivity index (χ2v) is 5.07. The number of hydrogen-bond acceptors (Lipinski definition) is 4. The number of aromatic carboxylic acids is 1. The van der Waals surface area contributed by atoms with E-state index in [1.165, 1.54) is 0 Å². The molecule has 1 N–H and O–H groups in total. The number of benzene rings is 1. The van der Waals surface area contributed by atoms with E-state index in [4.69, 9.17) is 14.6 Å². The fraction of sp³-hybridized carbons (Fsp3) is 0.333. The lowest BCUT2D eigenvalue weighted by Gasteiger charge is -2.28. The largest absolute Gasteiger partial charge is 0.478 e. The van der Waals surface area contributed by atoms with Gasteiger partial charge < -0.3 is 14.6 Å². The third-order valence-electron chi connectivity index (χ3n) is 3.25. The van der Waals surface area contributed by atoms with Crippen LogP contribution < -0.4 is 0 Å². The van der Waals surface area contributed by atoms with Crippen LogP contribution >= 0.6 is 0 Å². The highest BCUT2D eigenvalue weighted by molar-refractivity contribution is 5.87. The van der Waals surface area contributed by atoms with E-state index in [1.54, 1.807) is 43.5 Å². The van der Waals surface area contributed by atoms with Crippen LogP contribution in [0.1, 0.15) is 24.2 Å². The number of carbonyl (C=O) groups is 2. The summed E-state index contributed by atoms with van der Waals surface area (Å²) in [6.07, 6.45) is 6.14. The number of methoxy groups -OCH3 is 1. The SMILES string of the molecule is CCOC1(C)C=CC(OC)C(C=O)=C1.O=C(O)c1ccccc1. The summed E-state index contributed by atoms with van der Waals surface area (Å²) in [4.78, 5) is 21.0. The maximum Gasteiger partial charge on any atom is 0.335 e. The van der Waals surface area contributed by atoms with Gasteiger partial charge in [-0.1, -0.05) is 30.4 Å². The van der Waals surface area contributed by atoms with Crippen LogP contribution in [-0.2, 0) is 14.3 Å². The molecule has 0 spiro atoms. The molecule has 0 aromatic heterocycles. The fourth-order valence-electron chi connectivity index (χ4n) is 2.15. The van der Waals surface area contributed by atoms with Crippen LogP contribution in [0.4, 0.5) is 0 Å². The number of ether oxygens (including phenoxy) is 2. The fourth-order valence-corrected chi connectivity index (χ4v) is 2.15. The topological polar surface area (TPSA) is 72.8 Å². The Kier molecular flexibility index (Phi) is 7.38. The van der Waals surface area contributed by atoms with E-state index in [9.17, 15) is 9.59 Å². The van der Waals surface area contributed by atoms with Crippen LogP contribution in [0.25, 0.3) is 0 Å². The molecule has 0 bridgehead atoms. The molecule has 1 aromatic carbocycles. The number of hydrogen-bond donors (Lipinski definition) is 1. The molecule has 2 atom stereocenters. The van der Waals surface area contributed by atoms with Gasteiger partial charge in [0.15, 0.2) is 0 Å². The molecule has 0 heterocycles. The molecule has 1 aromatic rings. The van der Waals surface area contributed by atoms with Crippen molar-refractivity contribution in [3.63, 3.8) is 0 Å². The summed E-state index contributed by atoms with van der Waals surface area (Å²) in [5.41, 5.74) is 0.475. The van der Waals surface area contributed by atoms with Gasteiger partial charge in [-0.05, 0) is 32.1 Å². The zero-order chi connectivity index (χ0) is 17.3. The lowest BCUT2D eigenvalue weighted by molar-refractivity contribution is -0.106. The van der Waals surface area contributed by atoms with Crippen LogP contribution in [0, 0.1) is 0 Å². The van der Waals surface area contributed by atoms with Crippen molar-refractivity contribution in [3.05, 3.63) is 59.7 Å². The first-order valence-electron chi connectivity index (χ1n) is 7.28. The Labute approximate surface area is 136 Å². The van der Waals surface area contributed by atoms with Crippen LogP contribution in [0.3, 0.4) is 0 Å². The Balaban J connectivity index is 0.000000253. The summed E-state index contributed by atoms with van der Waals surface area (Å²) in [6, 6.07) is 8.30. The molecule has 0 fully saturated rings. The predicted octanol–water partition coefficient (Wildman–Crippen LogP) is 2.88. The summed E-state index contributed by atoms with van der Waals surface area (Å²) >= 11 is 0. The highest BCUT2D eigenvalue weighted by Crippen LogP contribution is 2.24. The van der Waals surface area contributed by atoms with Crippen LogP contribution in [-0.4, -0.2) is 42.8 Å². The molecule has 5 heteroatoms. The second-order valence-electron chi connectivity index (χ2n) is 5.07. The summed E-state index contributed by atoms with van der Waals surface area (Å²) in [5.74, 6) is -0.879. The summed E-state index contributed by atoms with van der Waals surface area (Å²) < 4.78 is 10.6. The zero-order valence-electron chi connectivity index (χ0n) is 13.6. The quantitative estimate of drug-likeness (QED) is 0.667. The van der Waals surface area contributed by atoms with E-state index in [2.05, 4.69) is 0 Å². The molecule has 0 amide bonds. The van der Waals surface area contributed by atoms with Crippen molar-refractivity contribution >= 4 is 12.3 Å². The van der Waals surface area contributed by atoms with Crippen molar-refractivity contribution in [2.45, 2.75) is 25.6 Å². The van der Waals surface area contributed by atoms with Gasteiger partial charge in [0, 0.05) is 19.3 Å². The Bertz CT molecular complexity index is 576. The van der Waals surface area contributed by atoms with Gasteiger partial charge in [0.25, 0.3) is 0 Å². The van der Waals surface area contributed by atoms with Crippen molar-refractivity contribution in [2.75, 3.05) is 13.7 Å². The normalized spacial score (nSPS) is 22.6.